The Labute approximate surface area is 460 Å². The SMILES string of the molecule is C/C=C/C1=CN2C(=O)c3cc(C)c(OCCCOc4cc5c(cc4OC)C(=O)N4C=C(/C=C/C)C[C@H]4[C@H](O)N5C(=O)OCc4ccc(NNC(C)C(=O)N[C@H](C(=O)NC(=O)CNC(=O)CI)C(C)C)cc4)cc3N=C[C@@H]2C1. The van der Waals surface area contributed by atoms with Crippen LogP contribution in [0.15, 0.2) is 101 Å². The fourth-order valence-electron chi connectivity index (χ4n) is 8.92. The highest BCUT2D eigenvalue weighted by Crippen LogP contribution is 2.42. The fraction of sp³-hybridized carbons (Fsp3) is 0.382. The van der Waals surface area contributed by atoms with Gasteiger partial charge in [0.05, 0.1) is 65.9 Å². The molecular formula is C55H64IN9O12. The topological polar surface area (TPSA) is 259 Å². The van der Waals surface area contributed by atoms with E-state index in [4.69, 9.17) is 18.9 Å². The van der Waals surface area contributed by atoms with Crippen LogP contribution in [0.1, 0.15) is 85.7 Å². The van der Waals surface area contributed by atoms with Gasteiger partial charge in [0.25, 0.3) is 11.8 Å². The third-order valence-corrected chi connectivity index (χ3v) is 13.6. The first kappa shape index (κ1) is 57.1. The maximum atomic E-state index is 14.3. The molecule has 4 aliphatic heterocycles. The normalized spacial score (nSPS) is 18.3. The highest BCUT2D eigenvalue weighted by Gasteiger charge is 2.45. The van der Waals surface area contributed by atoms with Crippen LogP contribution in [0, 0.1) is 12.8 Å². The van der Waals surface area contributed by atoms with Crippen LogP contribution in [0.5, 0.6) is 17.2 Å². The number of amides is 7. The number of carbonyl (C=O) groups is 7. The van der Waals surface area contributed by atoms with Crippen LogP contribution in [0.3, 0.4) is 0 Å². The van der Waals surface area contributed by atoms with Crippen LogP contribution < -0.4 is 45.9 Å². The first-order valence-corrected chi connectivity index (χ1v) is 26.7. The van der Waals surface area contributed by atoms with E-state index in [1.165, 1.54) is 24.1 Å². The minimum absolute atomic E-state index is 0.0504. The lowest BCUT2D eigenvalue weighted by atomic mass is 10.0. The summed E-state index contributed by atoms with van der Waals surface area (Å²) in [5.41, 5.74) is 10.7. The van der Waals surface area contributed by atoms with Gasteiger partial charge in [0.15, 0.2) is 17.7 Å². The van der Waals surface area contributed by atoms with Crippen molar-refractivity contribution in [2.45, 2.75) is 97.8 Å². The molecule has 7 rings (SSSR count). The Bertz CT molecular complexity index is 2920. The van der Waals surface area contributed by atoms with Gasteiger partial charge in [-0.2, -0.15) is 0 Å². The predicted molar refractivity (Wildman–Crippen MR) is 296 cm³/mol. The average molecular weight is 1170 g/mol. The number of nitrogens with one attached hydrogen (secondary N) is 5. The molecule has 7 amide bonds. The number of aliphatic imine (C=N–C) groups is 1. The van der Waals surface area contributed by atoms with Crippen molar-refractivity contribution < 1.29 is 57.6 Å². The molecule has 408 valence electrons. The Morgan fingerprint density at radius 3 is 2.19 bits per heavy atom. The minimum atomic E-state index is -1.54. The van der Waals surface area contributed by atoms with E-state index >= 15 is 0 Å². The summed E-state index contributed by atoms with van der Waals surface area (Å²) in [5.74, 6) is -2.28. The van der Waals surface area contributed by atoms with E-state index in [1.54, 1.807) is 74.5 Å². The number of carbonyl (C=O) groups excluding carboxylic acids is 7. The lowest BCUT2D eigenvalue weighted by molar-refractivity contribution is -0.135. The van der Waals surface area contributed by atoms with Crippen molar-refractivity contribution in [1.29, 1.82) is 0 Å². The second kappa shape index (κ2) is 26.0. The van der Waals surface area contributed by atoms with Gasteiger partial charge >= 0.3 is 6.09 Å². The van der Waals surface area contributed by atoms with Gasteiger partial charge in [0.1, 0.15) is 24.4 Å². The van der Waals surface area contributed by atoms with Crippen LogP contribution in [0.2, 0.25) is 0 Å². The number of alkyl halides is 1. The summed E-state index contributed by atoms with van der Waals surface area (Å²) >= 11 is 1.85. The zero-order chi connectivity index (χ0) is 55.5. The molecule has 0 fully saturated rings. The Hall–Kier alpha value is -7.57. The second-order valence-electron chi connectivity index (χ2n) is 18.9. The number of aliphatic hydroxyl groups is 1. The quantitative estimate of drug-likeness (QED) is 0.0308. The molecule has 21 nitrogen and oxygen atoms in total. The van der Waals surface area contributed by atoms with Crippen molar-refractivity contribution in [2.24, 2.45) is 10.9 Å². The third-order valence-electron chi connectivity index (χ3n) is 13.0. The molecule has 0 aromatic heterocycles. The molecule has 0 saturated carbocycles. The van der Waals surface area contributed by atoms with Gasteiger partial charge in [-0.1, -0.05) is 72.9 Å². The Balaban J connectivity index is 0.982. The van der Waals surface area contributed by atoms with Gasteiger partial charge in [0, 0.05) is 42.9 Å². The number of hydrogen-bond donors (Lipinski definition) is 6. The van der Waals surface area contributed by atoms with E-state index in [9.17, 15) is 38.7 Å². The number of imide groups is 1. The van der Waals surface area contributed by atoms with Gasteiger partial charge in [-0.05, 0) is 93.0 Å². The molecule has 1 unspecified atom stereocenters. The summed E-state index contributed by atoms with van der Waals surface area (Å²) in [6, 6.07) is 10.4. The van der Waals surface area contributed by atoms with Crippen LogP contribution in [-0.2, 0) is 30.5 Å². The van der Waals surface area contributed by atoms with Crippen molar-refractivity contribution >= 4 is 87.4 Å². The summed E-state index contributed by atoms with van der Waals surface area (Å²) in [7, 11) is 1.43. The summed E-state index contributed by atoms with van der Waals surface area (Å²) in [5, 5.41) is 19.3. The van der Waals surface area contributed by atoms with E-state index in [-0.39, 0.29) is 83.7 Å². The minimum Gasteiger partial charge on any atom is -0.493 e. The fourth-order valence-corrected chi connectivity index (χ4v) is 9.19. The van der Waals surface area contributed by atoms with Crippen molar-refractivity contribution in [3.8, 4) is 17.2 Å². The lowest BCUT2D eigenvalue weighted by Crippen LogP contribution is -2.56. The number of allylic oxidation sites excluding steroid dienone is 4. The predicted octanol–water partition coefficient (Wildman–Crippen LogP) is 6.03. The molecule has 3 aromatic rings. The number of aliphatic hydroxyl groups excluding tert-OH is 1. The van der Waals surface area contributed by atoms with Crippen LogP contribution in [0.4, 0.5) is 21.9 Å². The number of benzene rings is 3. The average Bonchev–Trinajstić information content (AvgIpc) is 4.09. The number of hydrazine groups is 1. The first-order valence-electron chi connectivity index (χ1n) is 25.1. The smallest absolute Gasteiger partial charge is 0.416 e. The zero-order valence-electron chi connectivity index (χ0n) is 43.9. The molecule has 0 spiro atoms. The number of methoxy groups -OCH3 is 1. The molecule has 4 aliphatic rings. The van der Waals surface area contributed by atoms with Crippen LogP contribution in [0.25, 0.3) is 0 Å². The monoisotopic (exact) mass is 1170 g/mol. The lowest BCUT2D eigenvalue weighted by Gasteiger charge is -2.31. The highest BCUT2D eigenvalue weighted by atomic mass is 127. The molecule has 0 bridgehead atoms. The molecule has 3 aromatic carbocycles. The number of ether oxygens (including phenoxy) is 4. The van der Waals surface area contributed by atoms with Crippen molar-refractivity contribution in [3.05, 3.63) is 119 Å². The molecular weight excluding hydrogens is 1110 g/mol. The number of nitrogens with zero attached hydrogens (tertiary/aromatic N) is 4. The zero-order valence-corrected chi connectivity index (χ0v) is 46.0. The van der Waals surface area contributed by atoms with Gasteiger partial charge in [-0.3, -0.25) is 39.1 Å². The first-order chi connectivity index (χ1) is 36.9. The Kier molecular flexibility index (Phi) is 19.3. The van der Waals surface area contributed by atoms with Gasteiger partial charge < -0.3 is 49.9 Å². The van der Waals surface area contributed by atoms with Crippen molar-refractivity contribution in [1.82, 2.24) is 31.2 Å². The van der Waals surface area contributed by atoms with Crippen LogP contribution >= 0.6 is 22.6 Å². The number of halogens is 1. The number of rotatable bonds is 21. The molecule has 77 heavy (non-hydrogen) atoms. The van der Waals surface area contributed by atoms with Gasteiger partial charge in [0.2, 0.25) is 23.6 Å². The molecule has 5 atom stereocenters. The van der Waals surface area contributed by atoms with E-state index in [1.807, 2.05) is 73.9 Å². The summed E-state index contributed by atoms with van der Waals surface area (Å²) in [6.45, 7) is 10.4. The summed E-state index contributed by atoms with van der Waals surface area (Å²) < 4.78 is 24.1. The van der Waals surface area contributed by atoms with Crippen LogP contribution in [-0.4, -0.2) is 124 Å². The van der Waals surface area contributed by atoms with E-state index in [0.29, 0.717) is 41.1 Å². The molecule has 0 radical (unpaired) electrons. The Morgan fingerprint density at radius 2 is 1.52 bits per heavy atom. The molecule has 22 heteroatoms. The van der Waals surface area contributed by atoms with E-state index < -0.39 is 54.1 Å². The number of anilines is 2. The maximum Gasteiger partial charge on any atom is 0.416 e. The number of fused-ring (bicyclic) bond motifs is 4. The second-order valence-corrected chi connectivity index (χ2v) is 19.7. The molecule has 6 N–H and O–H groups in total. The maximum absolute atomic E-state index is 14.3. The van der Waals surface area contributed by atoms with Crippen molar-refractivity contribution in [2.75, 3.05) is 41.6 Å². The third kappa shape index (κ3) is 13.7. The number of aryl methyl sites for hydroxylation is 1. The highest BCUT2D eigenvalue weighted by molar-refractivity contribution is 14.1. The van der Waals surface area contributed by atoms with E-state index in [2.05, 4.69) is 31.8 Å². The molecule has 0 aliphatic carbocycles. The van der Waals surface area contributed by atoms with Crippen molar-refractivity contribution in [3.63, 3.8) is 0 Å². The Morgan fingerprint density at radius 1 is 0.844 bits per heavy atom. The molecule has 4 heterocycles. The number of hydrogen-bond acceptors (Lipinski definition) is 15. The summed E-state index contributed by atoms with van der Waals surface area (Å²) in [6.07, 6.45) is 11.8. The van der Waals surface area contributed by atoms with Gasteiger partial charge in [-0.15, -0.1) is 0 Å². The largest absolute Gasteiger partial charge is 0.493 e. The van der Waals surface area contributed by atoms with Gasteiger partial charge in [-0.25, -0.2) is 15.1 Å². The molecule has 0 saturated heterocycles. The summed E-state index contributed by atoms with van der Waals surface area (Å²) in [4.78, 5) is 101. The van der Waals surface area contributed by atoms with E-state index in [0.717, 1.165) is 21.6 Å². The standard InChI is InChI=1S/C55H64IN9O12/c1-8-11-35-20-38-26-57-41-23-44(32(5)19-39(41)52(70)63(38)28-35)75-17-10-18-76-46-24-42-40(22-45(46)74-7)53(71)64-29-36(12-9-2)21-43(64)54(72)65(42)55(73)77-30-34-13-15-37(16-14-34)62-61-33(6)50(68)60-49(31(3)4)51(69)59-48(67)27-58-47(66)25-56/h8-9,11-16,19,22-24,26,28-29,31,33,38,43,49,54,61-62,72H,10,17-18,20-21,25,27,30H2,1-7H3,(H,58,66)(H,60,68)(H,59,67,69)/b11-8+,12-9+/t33?,38-,43-,49-,54-/m0/s1.